The van der Waals surface area contributed by atoms with Gasteiger partial charge < -0.3 is 9.47 Å². The molecule has 1 aromatic heterocycles. The SMILES string of the molecule is CC1(C)c2ccccc2-c2c1ccc1c2c2ccccc2n1-c1ccc(-c2ccc(N(c3ccccc3)c3ccc(-c4cc5ccccc5c5ccccc45)cc3)cc2)cc1. The van der Waals surface area contributed by atoms with Gasteiger partial charge >= 0.3 is 0 Å². The fraction of sp³-hybridized carbons (Fsp3) is 0.0508. The fourth-order valence-electron chi connectivity index (χ4n) is 10.2. The maximum atomic E-state index is 2.44. The summed E-state index contributed by atoms with van der Waals surface area (Å²) in [6.07, 6.45) is 0. The first-order valence-electron chi connectivity index (χ1n) is 21.3. The van der Waals surface area contributed by atoms with Crippen LogP contribution in [0.4, 0.5) is 17.1 Å². The van der Waals surface area contributed by atoms with Crippen molar-refractivity contribution in [3.8, 4) is 39.1 Å². The summed E-state index contributed by atoms with van der Waals surface area (Å²) >= 11 is 0. The maximum Gasteiger partial charge on any atom is 0.0547 e. The molecule has 1 heterocycles. The molecular weight excluding hydrogens is 737 g/mol. The van der Waals surface area contributed by atoms with E-state index in [1.807, 2.05) is 0 Å². The Balaban J connectivity index is 0.891. The molecule has 0 radical (unpaired) electrons. The van der Waals surface area contributed by atoms with E-state index in [2.05, 4.69) is 242 Å². The van der Waals surface area contributed by atoms with Gasteiger partial charge in [-0.2, -0.15) is 0 Å². The van der Waals surface area contributed by atoms with Crippen molar-refractivity contribution in [1.29, 1.82) is 0 Å². The zero-order chi connectivity index (χ0) is 40.7. The summed E-state index contributed by atoms with van der Waals surface area (Å²) in [7, 11) is 0. The normalized spacial score (nSPS) is 12.9. The number of nitrogens with zero attached hydrogens (tertiary/aromatic N) is 2. The van der Waals surface area contributed by atoms with Gasteiger partial charge in [-0.15, -0.1) is 0 Å². The average molecular weight is 779 g/mol. The zero-order valence-electron chi connectivity index (χ0n) is 34.2. The predicted molar refractivity (Wildman–Crippen MR) is 259 cm³/mol. The topological polar surface area (TPSA) is 8.17 Å². The minimum atomic E-state index is -0.0442. The highest BCUT2D eigenvalue weighted by Crippen LogP contribution is 2.53. The summed E-state index contributed by atoms with van der Waals surface area (Å²) in [6, 6.07) is 80.1. The molecule has 0 fully saturated rings. The van der Waals surface area contributed by atoms with Crippen molar-refractivity contribution in [2.45, 2.75) is 19.3 Å². The molecule has 0 unspecified atom stereocenters. The van der Waals surface area contributed by atoms with E-state index in [-0.39, 0.29) is 5.41 Å². The number of benzene rings is 10. The molecular formula is C59H42N2. The molecule has 288 valence electrons. The van der Waals surface area contributed by atoms with Gasteiger partial charge in [-0.1, -0.05) is 166 Å². The second-order valence-electron chi connectivity index (χ2n) is 16.9. The van der Waals surface area contributed by atoms with E-state index in [1.54, 1.807) is 0 Å². The second-order valence-corrected chi connectivity index (χ2v) is 16.9. The lowest BCUT2D eigenvalue weighted by Crippen LogP contribution is -2.14. The van der Waals surface area contributed by atoms with Crippen LogP contribution in [0.1, 0.15) is 25.0 Å². The van der Waals surface area contributed by atoms with E-state index in [0.29, 0.717) is 0 Å². The molecule has 0 spiro atoms. The van der Waals surface area contributed by atoms with E-state index >= 15 is 0 Å². The largest absolute Gasteiger partial charge is 0.311 e. The monoisotopic (exact) mass is 778 g/mol. The van der Waals surface area contributed by atoms with Gasteiger partial charge in [-0.25, -0.2) is 0 Å². The van der Waals surface area contributed by atoms with E-state index in [1.165, 1.54) is 87.9 Å². The summed E-state index contributed by atoms with van der Waals surface area (Å²) in [6.45, 7) is 4.72. The molecule has 61 heavy (non-hydrogen) atoms. The zero-order valence-corrected chi connectivity index (χ0v) is 34.2. The third kappa shape index (κ3) is 5.49. The van der Waals surface area contributed by atoms with Gasteiger partial charge in [0.05, 0.1) is 11.0 Å². The van der Waals surface area contributed by atoms with Crippen LogP contribution in [0.2, 0.25) is 0 Å². The fourth-order valence-corrected chi connectivity index (χ4v) is 10.2. The third-order valence-corrected chi connectivity index (χ3v) is 13.2. The van der Waals surface area contributed by atoms with Gasteiger partial charge in [0.25, 0.3) is 0 Å². The van der Waals surface area contributed by atoms with E-state index in [4.69, 9.17) is 0 Å². The summed E-state index contributed by atoms with van der Waals surface area (Å²) in [5, 5.41) is 7.73. The maximum absolute atomic E-state index is 2.44. The lowest BCUT2D eigenvalue weighted by molar-refractivity contribution is 0.661. The summed E-state index contributed by atoms with van der Waals surface area (Å²) in [5.41, 5.74) is 17.3. The van der Waals surface area contributed by atoms with E-state index in [0.717, 1.165) is 22.7 Å². The first-order valence-corrected chi connectivity index (χ1v) is 21.3. The van der Waals surface area contributed by atoms with Gasteiger partial charge in [0.2, 0.25) is 0 Å². The molecule has 0 saturated carbocycles. The Hall–Kier alpha value is -7.68. The predicted octanol–water partition coefficient (Wildman–Crippen LogP) is 16.2. The average Bonchev–Trinajstić information content (AvgIpc) is 3.78. The molecule has 0 bridgehead atoms. The van der Waals surface area contributed by atoms with E-state index < -0.39 is 0 Å². The molecule has 0 atom stereocenters. The summed E-state index contributed by atoms with van der Waals surface area (Å²) in [5.74, 6) is 0. The van der Waals surface area contributed by atoms with Crippen molar-refractivity contribution in [2.24, 2.45) is 0 Å². The van der Waals surface area contributed by atoms with Crippen LogP contribution in [0.3, 0.4) is 0 Å². The first kappa shape index (κ1) is 35.3. The summed E-state index contributed by atoms with van der Waals surface area (Å²) in [4.78, 5) is 2.34. The van der Waals surface area contributed by atoms with Gasteiger partial charge in [-0.3, -0.25) is 0 Å². The van der Waals surface area contributed by atoms with Crippen LogP contribution < -0.4 is 4.90 Å². The van der Waals surface area contributed by atoms with Gasteiger partial charge in [-0.05, 0) is 133 Å². The molecule has 12 rings (SSSR count). The quantitative estimate of drug-likeness (QED) is 0.153. The Morgan fingerprint density at radius 3 is 1.67 bits per heavy atom. The highest BCUT2D eigenvalue weighted by molar-refractivity contribution is 6.18. The number of rotatable bonds is 6. The molecule has 0 amide bonds. The second kappa shape index (κ2) is 13.7. The van der Waals surface area contributed by atoms with Gasteiger partial charge in [0, 0.05) is 38.9 Å². The minimum absolute atomic E-state index is 0.0442. The number of aromatic nitrogens is 1. The Kier molecular flexibility index (Phi) is 7.92. The molecule has 1 aliphatic carbocycles. The Bertz CT molecular complexity index is 3460. The van der Waals surface area contributed by atoms with Crippen molar-refractivity contribution in [3.63, 3.8) is 0 Å². The number of para-hydroxylation sites is 2. The highest BCUT2D eigenvalue weighted by Gasteiger charge is 2.37. The van der Waals surface area contributed by atoms with Crippen LogP contribution in [-0.2, 0) is 5.41 Å². The van der Waals surface area contributed by atoms with Crippen LogP contribution in [0.5, 0.6) is 0 Å². The standard InChI is InChI=1S/C59H42N2/c1-59(2)53-22-12-10-20-50(53)57-54(59)36-37-56-58(57)51-21-11-13-23-55(51)61(56)46-32-26-40(27-33-46)39-24-30-44(31-25-39)60(43-15-4-3-5-16-43)45-34-28-41(29-35-45)52-38-42-14-6-7-17-47(42)48-18-8-9-19-49(48)52/h3-38H,1-2H3. The summed E-state index contributed by atoms with van der Waals surface area (Å²) < 4.78 is 2.44. The Morgan fingerprint density at radius 2 is 0.934 bits per heavy atom. The van der Waals surface area contributed by atoms with Crippen LogP contribution in [0.15, 0.2) is 218 Å². The highest BCUT2D eigenvalue weighted by atomic mass is 15.1. The molecule has 2 nitrogen and oxygen atoms in total. The molecule has 0 aliphatic heterocycles. The molecule has 11 aromatic rings. The van der Waals surface area contributed by atoms with Crippen LogP contribution in [0.25, 0.3) is 82.4 Å². The molecule has 10 aromatic carbocycles. The lowest BCUT2D eigenvalue weighted by Gasteiger charge is -2.26. The minimum Gasteiger partial charge on any atom is -0.311 e. The third-order valence-electron chi connectivity index (χ3n) is 13.2. The van der Waals surface area contributed by atoms with Gasteiger partial charge in [0.15, 0.2) is 0 Å². The van der Waals surface area contributed by atoms with Crippen molar-refractivity contribution >= 4 is 60.4 Å². The van der Waals surface area contributed by atoms with Crippen LogP contribution >= 0.6 is 0 Å². The Labute approximate surface area is 356 Å². The first-order chi connectivity index (χ1) is 30.0. The van der Waals surface area contributed by atoms with Crippen molar-refractivity contribution in [1.82, 2.24) is 4.57 Å². The Morgan fingerprint density at radius 1 is 0.377 bits per heavy atom. The van der Waals surface area contributed by atoms with E-state index in [9.17, 15) is 0 Å². The molecule has 2 heteroatoms. The van der Waals surface area contributed by atoms with Crippen molar-refractivity contribution in [2.75, 3.05) is 4.90 Å². The molecule has 0 N–H and O–H groups in total. The molecule has 0 saturated heterocycles. The number of hydrogen-bond donors (Lipinski definition) is 0. The lowest BCUT2D eigenvalue weighted by atomic mass is 9.82. The molecule has 1 aliphatic rings. The van der Waals surface area contributed by atoms with Crippen molar-refractivity contribution in [3.05, 3.63) is 230 Å². The van der Waals surface area contributed by atoms with Gasteiger partial charge in [0.1, 0.15) is 0 Å². The number of fused-ring (bicyclic) bond motifs is 10. The van der Waals surface area contributed by atoms with Crippen LogP contribution in [0, 0.1) is 0 Å². The van der Waals surface area contributed by atoms with Crippen LogP contribution in [-0.4, -0.2) is 4.57 Å². The number of anilines is 3. The smallest absolute Gasteiger partial charge is 0.0547 e. The van der Waals surface area contributed by atoms with Crippen molar-refractivity contribution < 1.29 is 0 Å². The number of hydrogen-bond acceptors (Lipinski definition) is 1.